The van der Waals surface area contributed by atoms with Gasteiger partial charge in [-0.3, -0.25) is 0 Å². The molecule has 1 heterocycles. The summed E-state index contributed by atoms with van der Waals surface area (Å²) in [6.07, 6.45) is 0.718. The molecule has 0 aromatic heterocycles. The highest BCUT2D eigenvalue weighted by atomic mass is 32.2. The number of halogens is 1. The molecular weight excluding hydrogens is 337 g/mol. The lowest BCUT2D eigenvalue weighted by atomic mass is 10.3. The van der Waals surface area contributed by atoms with Gasteiger partial charge in [0.2, 0.25) is 10.0 Å². The van der Waals surface area contributed by atoms with E-state index in [1.54, 1.807) is 12.0 Å². The number of rotatable bonds is 6. The Kier molecular flexibility index (Phi) is 6.52. The van der Waals surface area contributed by atoms with E-state index in [0.717, 1.165) is 12.5 Å². The molecule has 0 atom stereocenters. The minimum absolute atomic E-state index is 0.0695. The van der Waals surface area contributed by atoms with Gasteiger partial charge >= 0.3 is 6.03 Å². The van der Waals surface area contributed by atoms with Crippen molar-refractivity contribution in [2.24, 2.45) is 0 Å². The number of nitrogens with zero attached hydrogens (tertiary/aromatic N) is 2. The monoisotopic (exact) mass is 359 g/mol. The van der Waals surface area contributed by atoms with Crippen LogP contribution in [0, 0.1) is 5.82 Å². The third-order valence-electron chi connectivity index (χ3n) is 3.76. The summed E-state index contributed by atoms with van der Waals surface area (Å²) in [7, 11) is -2.14. The Morgan fingerprint density at radius 2 is 2.00 bits per heavy atom. The van der Waals surface area contributed by atoms with Gasteiger partial charge < -0.3 is 15.0 Å². The molecule has 0 spiro atoms. The molecule has 0 aliphatic carbocycles. The molecule has 2 rings (SSSR count). The fraction of sp³-hybridized carbons (Fsp3) is 0.533. The van der Waals surface area contributed by atoms with Crippen molar-refractivity contribution in [1.82, 2.24) is 14.5 Å². The van der Waals surface area contributed by atoms with Crippen LogP contribution >= 0.6 is 0 Å². The molecule has 2 amide bonds. The lowest BCUT2D eigenvalue weighted by Gasteiger charge is -2.34. The first-order valence-electron chi connectivity index (χ1n) is 7.72. The fourth-order valence-corrected chi connectivity index (χ4v) is 3.89. The Morgan fingerprint density at radius 1 is 1.29 bits per heavy atom. The van der Waals surface area contributed by atoms with E-state index in [9.17, 15) is 17.6 Å². The molecule has 1 aromatic rings. The second-order valence-electron chi connectivity index (χ2n) is 5.43. The van der Waals surface area contributed by atoms with Crippen LogP contribution in [0.15, 0.2) is 29.2 Å². The van der Waals surface area contributed by atoms with Gasteiger partial charge in [-0.1, -0.05) is 6.07 Å². The first kappa shape index (κ1) is 18.6. The quantitative estimate of drug-likeness (QED) is 0.765. The van der Waals surface area contributed by atoms with Crippen molar-refractivity contribution < 1.29 is 22.3 Å². The summed E-state index contributed by atoms with van der Waals surface area (Å²) < 4.78 is 44.4. The zero-order chi connectivity index (χ0) is 17.6. The molecule has 1 N–H and O–H groups in total. The molecule has 0 saturated carbocycles. The zero-order valence-electron chi connectivity index (χ0n) is 13.6. The van der Waals surface area contributed by atoms with E-state index < -0.39 is 15.8 Å². The predicted molar refractivity (Wildman–Crippen MR) is 86.6 cm³/mol. The average molecular weight is 359 g/mol. The van der Waals surface area contributed by atoms with Crippen molar-refractivity contribution in [3.63, 3.8) is 0 Å². The molecule has 1 fully saturated rings. The van der Waals surface area contributed by atoms with E-state index in [4.69, 9.17) is 4.74 Å². The van der Waals surface area contributed by atoms with Crippen LogP contribution in [0.5, 0.6) is 0 Å². The van der Waals surface area contributed by atoms with Gasteiger partial charge in [-0.15, -0.1) is 0 Å². The molecule has 1 saturated heterocycles. The largest absolute Gasteiger partial charge is 0.385 e. The van der Waals surface area contributed by atoms with Crippen molar-refractivity contribution >= 4 is 16.1 Å². The summed E-state index contributed by atoms with van der Waals surface area (Å²) >= 11 is 0. The van der Waals surface area contributed by atoms with Crippen molar-refractivity contribution in [2.75, 3.05) is 46.4 Å². The Balaban J connectivity index is 1.89. The summed E-state index contributed by atoms with van der Waals surface area (Å²) in [6, 6.07) is 4.72. The van der Waals surface area contributed by atoms with Crippen LogP contribution < -0.4 is 5.32 Å². The van der Waals surface area contributed by atoms with E-state index in [1.807, 2.05) is 0 Å². The molecule has 0 unspecified atom stereocenters. The maximum atomic E-state index is 13.3. The summed E-state index contributed by atoms with van der Waals surface area (Å²) in [5.74, 6) is -0.592. The van der Waals surface area contributed by atoms with Crippen molar-refractivity contribution in [3.05, 3.63) is 30.1 Å². The number of amides is 2. The van der Waals surface area contributed by atoms with Gasteiger partial charge in [0.15, 0.2) is 0 Å². The molecule has 1 aromatic carbocycles. The van der Waals surface area contributed by atoms with E-state index in [1.165, 1.54) is 22.5 Å². The maximum Gasteiger partial charge on any atom is 0.317 e. The van der Waals surface area contributed by atoms with Crippen LogP contribution in [0.1, 0.15) is 6.42 Å². The number of urea groups is 1. The van der Waals surface area contributed by atoms with Crippen LogP contribution in [0.25, 0.3) is 0 Å². The van der Waals surface area contributed by atoms with Gasteiger partial charge in [0, 0.05) is 46.4 Å². The highest BCUT2D eigenvalue weighted by molar-refractivity contribution is 7.89. The van der Waals surface area contributed by atoms with Crippen molar-refractivity contribution in [2.45, 2.75) is 11.3 Å². The Hall–Kier alpha value is -1.71. The van der Waals surface area contributed by atoms with Gasteiger partial charge in [-0.05, 0) is 24.6 Å². The van der Waals surface area contributed by atoms with Gasteiger partial charge in [-0.25, -0.2) is 17.6 Å². The third kappa shape index (κ3) is 4.65. The summed E-state index contributed by atoms with van der Waals surface area (Å²) in [4.78, 5) is 13.5. The SMILES string of the molecule is COCCCNC(=O)N1CCN(S(=O)(=O)c2cccc(F)c2)CC1. The second kappa shape index (κ2) is 8.41. The smallest absolute Gasteiger partial charge is 0.317 e. The van der Waals surface area contributed by atoms with E-state index in [2.05, 4.69) is 5.32 Å². The van der Waals surface area contributed by atoms with Gasteiger partial charge in [0.1, 0.15) is 5.82 Å². The Morgan fingerprint density at radius 3 is 2.62 bits per heavy atom. The molecule has 1 aliphatic heterocycles. The summed E-state index contributed by atoms with van der Waals surface area (Å²) in [5.41, 5.74) is 0. The first-order chi connectivity index (χ1) is 11.4. The first-order valence-corrected chi connectivity index (χ1v) is 9.16. The average Bonchev–Trinajstić information content (AvgIpc) is 2.58. The number of carbonyl (C=O) groups is 1. The number of piperazine rings is 1. The molecule has 0 bridgehead atoms. The highest BCUT2D eigenvalue weighted by Crippen LogP contribution is 2.18. The number of carbonyl (C=O) groups excluding carboxylic acids is 1. The van der Waals surface area contributed by atoms with Crippen molar-refractivity contribution in [1.29, 1.82) is 0 Å². The number of benzene rings is 1. The second-order valence-corrected chi connectivity index (χ2v) is 7.36. The molecule has 0 radical (unpaired) electrons. The normalized spacial score (nSPS) is 16.2. The minimum atomic E-state index is -3.74. The lowest BCUT2D eigenvalue weighted by molar-refractivity contribution is 0.168. The van der Waals surface area contributed by atoms with Crippen LogP contribution in [-0.2, 0) is 14.8 Å². The van der Waals surface area contributed by atoms with Crippen LogP contribution in [0.3, 0.4) is 0 Å². The minimum Gasteiger partial charge on any atom is -0.385 e. The number of methoxy groups -OCH3 is 1. The summed E-state index contributed by atoms with van der Waals surface area (Å²) in [6.45, 7) is 2.04. The van der Waals surface area contributed by atoms with Crippen LogP contribution in [0.4, 0.5) is 9.18 Å². The highest BCUT2D eigenvalue weighted by Gasteiger charge is 2.30. The Bertz CT molecular complexity index is 660. The molecule has 7 nitrogen and oxygen atoms in total. The van der Waals surface area contributed by atoms with E-state index in [0.29, 0.717) is 26.2 Å². The maximum absolute atomic E-state index is 13.3. The van der Waals surface area contributed by atoms with E-state index in [-0.39, 0.29) is 24.0 Å². The third-order valence-corrected chi connectivity index (χ3v) is 5.66. The number of hydrogen-bond acceptors (Lipinski definition) is 4. The molecule has 1 aliphatic rings. The topological polar surface area (TPSA) is 79.0 Å². The predicted octanol–water partition coefficient (Wildman–Crippen LogP) is 0.878. The Labute approximate surface area is 141 Å². The molecular formula is C15H22FN3O4S. The standard InChI is InChI=1S/C15H22FN3O4S/c1-23-11-3-6-17-15(20)18-7-9-19(10-8-18)24(21,22)14-5-2-4-13(16)12-14/h2,4-5,12H,3,6-11H2,1H3,(H,17,20). The van der Waals surface area contributed by atoms with E-state index >= 15 is 0 Å². The lowest BCUT2D eigenvalue weighted by Crippen LogP contribution is -2.53. The van der Waals surface area contributed by atoms with Gasteiger partial charge in [-0.2, -0.15) is 4.31 Å². The van der Waals surface area contributed by atoms with Gasteiger partial charge in [0.25, 0.3) is 0 Å². The molecule has 134 valence electrons. The molecule has 9 heteroatoms. The fourth-order valence-electron chi connectivity index (χ4n) is 2.43. The zero-order valence-corrected chi connectivity index (χ0v) is 14.4. The van der Waals surface area contributed by atoms with Crippen molar-refractivity contribution in [3.8, 4) is 0 Å². The van der Waals surface area contributed by atoms with Crippen LogP contribution in [0.2, 0.25) is 0 Å². The summed E-state index contributed by atoms with van der Waals surface area (Å²) in [5, 5.41) is 2.77. The number of nitrogens with one attached hydrogen (secondary N) is 1. The molecule has 24 heavy (non-hydrogen) atoms. The van der Waals surface area contributed by atoms with Gasteiger partial charge in [0.05, 0.1) is 4.90 Å². The number of sulfonamides is 1. The number of hydrogen-bond donors (Lipinski definition) is 1. The number of ether oxygens (including phenoxy) is 1. The van der Waals surface area contributed by atoms with Crippen LogP contribution in [-0.4, -0.2) is 70.1 Å².